The molecule has 1 aromatic rings. The Balaban J connectivity index is 1.95. The Bertz CT molecular complexity index is 468. The molecular formula is C11H16ClN5O2. The lowest BCUT2D eigenvalue weighted by Gasteiger charge is -2.12. The van der Waals surface area contributed by atoms with Crippen LogP contribution in [-0.2, 0) is 4.79 Å². The molecule has 0 spiro atoms. The zero-order valence-electron chi connectivity index (χ0n) is 10.8. The molecule has 7 nitrogen and oxygen atoms in total. The number of ether oxygens (including phenoxy) is 1. The molecule has 0 radical (unpaired) electrons. The first-order chi connectivity index (χ1) is 9.02. The molecule has 1 aliphatic heterocycles. The smallest absolute Gasteiger partial charge is 0.322 e. The number of rotatable bonds is 5. The summed E-state index contributed by atoms with van der Waals surface area (Å²) in [6, 6.07) is 0.283. The van der Waals surface area contributed by atoms with Crippen LogP contribution in [0.25, 0.3) is 0 Å². The third-order valence-electron chi connectivity index (χ3n) is 2.52. The Morgan fingerprint density at radius 3 is 2.89 bits per heavy atom. The lowest BCUT2D eigenvalue weighted by Crippen LogP contribution is -2.32. The van der Waals surface area contributed by atoms with Crippen LogP contribution in [0.5, 0.6) is 6.01 Å². The molecule has 8 heteroatoms. The minimum absolute atomic E-state index is 0.0413. The van der Waals surface area contributed by atoms with Crippen LogP contribution < -0.4 is 15.4 Å². The monoisotopic (exact) mass is 285 g/mol. The van der Waals surface area contributed by atoms with Gasteiger partial charge in [0.25, 0.3) is 0 Å². The fourth-order valence-corrected chi connectivity index (χ4v) is 1.87. The van der Waals surface area contributed by atoms with E-state index in [1.165, 1.54) is 0 Å². The predicted molar refractivity (Wildman–Crippen MR) is 70.3 cm³/mol. The highest BCUT2D eigenvalue weighted by Gasteiger charge is 2.20. The predicted octanol–water partition coefficient (Wildman–Crippen LogP) is 1.00. The standard InChI is InChI=1S/C11H16ClN5O2/c1-6(2)19-11-16-9(12)15-10(17-11)13-5-7-3-4-8(18)14-7/h6-7H,3-5H2,1-2H3,(H,14,18)(H,13,15,16,17). The molecule has 1 aromatic heterocycles. The first-order valence-corrected chi connectivity index (χ1v) is 6.52. The fraction of sp³-hybridized carbons (Fsp3) is 0.636. The number of carbonyl (C=O) groups excluding carboxylic acids is 1. The molecule has 1 amide bonds. The molecule has 0 saturated carbocycles. The van der Waals surface area contributed by atoms with Crippen LogP contribution in [0.15, 0.2) is 0 Å². The van der Waals surface area contributed by atoms with Crippen molar-refractivity contribution in [3.05, 3.63) is 5.28 Å². The van der Waals surface area contributed by atoms with Crippen LogP contribution >= 0.6 is 11.6 Å². The summed E-state index contributed by atoms with van der Waals surface area (Å²) in [6.45, 7) is 4.30. The molecule has 2 N–H and O–H groups in total. The summed E-state index contributed by atoms with van der Waals surface area (Å²) < 4.78 is 5.37. The molecular weight excluding hydrogens is 270 g/mol. The lowest BCUT2D eigenvalue weighted by atomic mass is 10.2. The highest BCUT2D eigenvalue weighted by atomic mass is 35.5. The summed E-state index contributed by atoms with van der Waals surface area (Å²) in [5, 5.41) is 5.94. The van der Waals surface area contributed by atoms with E-state index in [0.29, 0.717) is 18.9 Å². The Labute approximate surface area is 116 Å². The Morgan fingerprint density at radius 2 is 2.26 bits per heavy atom. The number of nitrogens with one attached hydrogen (secondary N) is 2. The minimum Gasteiger partial charge on any atom is -0.461 e. The maximum absolute atomic E-state index is 11.1. The van der Waals surface area contributed by atoms with Gasteiger partial charge in [-0.25, -0.2) is 0 Å². The van der Waals surface area contributed by atoms with Crippen LogP contribution in [0.4, 0.5) is 5.95 Å². The second-order valence-electron chi connectivity index (χ2n) is 4.56. The van der Waals surface area contributed by atoms with E-state index in [1.54, 1.807) is 0 Å². The third-order valence-corrected chi connectivity index (χ3v) is 2.69. The van der Waals surface area contributed by atoms with E-state index in [1.807, 2.05) is 13.8 Å². The normalized spacial score (nSPS) is 18.5. The van der Waals surface area contributed by atoms with Crippen molar-refractivity contribution in [1.29, 1.82) is 0 Å². The van der Waals surface area contributed by atoms with E-state index >= 15 is 0 Å². The number of hydrogen-bond acceptors (Lipinski definition) is 6. The second kappa shape index (κ2) is 6.01. The van der Waals surface area contributed by atoms with E-state index in [-0.39, 0.29) is 29.3 Å². The molecule has 1 aliphatic rings. The van der Waals surface area contributed by atoms with Gasteiger partial charge in [0.1, 0.15) is 0 Å². The molecule has 0 bridgehead atoms. The van der Waals surface area contributed by atoms with Gasteiger partial charge >= 0.3 is 6.01 Å². The van der Waals surface area contributed by atoms with Crippen molar-refractivity contribution in [2.45, 2.75) is 38.8 Å². The largest absolute Gasteiger partial charge is 0.461 e. The van der Waals surface area contributed by atoms with E-state index in [4.69, 9.17) is 16.3 Å². The second-order valence-corrected chi connectivity index (χ2v) is 4.90. The molecule has 104 valence electrons. The van der Waals surface area contributed by atoms with E-state index < -0.39 is 0 Å². The summed E-state index contributed by atoms with van der Waals surface area (Å²) in [5.41, 5.74) is 0. The van der Waals surface area contributed by atoms with Crippen LogP contribution in [0, 0.1) is 0 Å². The van der Waals surface area contributed by atoms with Gasteiger partial charge in [-0.05, 0) is 31.9 Å². The molecule has 0 aliphatic carbocycles. The van der Waals surface area contributed by atoms with Crippen molar-refractivity contribution in [2.24, 2.45) is 0 Å². The average Bonchev–Trinajstić information content (AvgIpc) is 2.71. The van der Waals surface area contributed by atoms with Crippen LogP contribution in [0.1, 0.15) is 26.7 Å². The van der Waals surface area contributed by atoms with Crippen molar-refractivity contribution >= 4 is 23.5 Å². The van der Waals surface area contributed by atoms with Gasteiger partial charge in [0.15, 0.2) is 0 Å². The number of halogens is 1. The summed E-state index contributed by atoms with van der Waals surface area (Å²) in [7, 11) is 0. The Morgan fingerprint density at radius 1 is 1.47 bits per heavy atom. The van der Waals surface area contributed by atoms with Gasteiger partial charge < -0.3 is 15.4 Å². The molecule has 1 unspecified atom stereocenters. The fourth-order valence-electron chi connectivity index (χ4n) is 1.72. The zero-order valence-corrected chi connectivity index (χ0v) is 11.6. The quantitative estimate of drug-likeness (QED) is 0.839. The van der Waals surface area contributed by atoms with Crippen LogP contribution in [0.2, 0.25) is 5.28 Å². The summed E-state index contributed by atoms with van der Waals surface area (Å²) >= 11 is 5.80. The number of carbonyl (C=O) groups is 1. The topological polar surface area (TPSA) is 89.0 Å². The summed E-state index contributed by atoms with van der Waals surface area (Å²) in [4.78, 5) is 23.0. The molecule has 19 heavy (non-hydrogen) atoms. The van der Waals surface area contributed by atoms with Crippen molar-refractivity contribution in [3.63, 3.8) is 0 Å². The number of nitrogens with zero attached hydrogens (tertiary/aromatic N) is 3. The van der Waals surface area contributed by atoms with Gasteiger partial charge in [-0.2, -0.15) is 15.0 Å². The number of anilines is 1. The Hall–Kier alpha value is -1.63. The van der Waals surface area contributed by atoms with Gasteiger partial charge in [-0.15, -0.1) is 0 Å². The van der Waals surface area contributed by atoms with Crippen molar-refractivity contribution in [3.8, 4) is 6.01 Å². The van der Waals surface area contributed by atoms with Crippen molar-refractivity contribution in [2.75, 3.05) is 11.9 Å². The van der Waals surface area contributed by atoms with E-state index in [9.17, 15) is 4.79 Å². The zero-order chi connectivity index (χ0) is 13.8. The maximum Gasteiger partial charge on any atom is 0.322 e. The number of hydrogen-bond donors (Lipinski definition) is 2. The first-order valence-electron chi connectivity index (χ1n) is 6.14. The highest BCUT2D eigenvalue weighted by molar-refractivity contribution is 6.28. The van der Waals surface area contributed by atoms with Crippen molar-refractivity contribution < 1.29 is 9.53 Å². The van der Waals surface area contributed by atoms with Gasteiger partial charge in [0.2, 0.25) is 17.1 Å². The van der Waals surface area contributed by atoms with Crippen molar-refractivity contribution in [1.82, 2.24) is 20.3 Å². The number of aromatic nitrogens is 3. The molecule has 1 fully saturated rings. The van der Waals surface area contributed by atoms with E-state index in [0.717, 1.165) is 6.42 Å². The van der Waals surface area contributed by atoms with Crippen LogP contribution in [-0.4, -0.2) is 39.5 Å². The van der Waals surface area contributed by atoms with Crippen LogP contribution in [0.3, 0.4) is 0 Å². The maximum atomic E-state index is 11.1. The lowest BCUT2D eigenvalue weighted by molar-refractivity contribution is -0.119. The molecule has 2 heterocycles. The summed E-state index contributed by atoms with van der Waals surface area (Å²) in [6.07, 6.45) is 1.33. The SMILES string of the molecule is CC(C)Oc1nc(Cl)nc(NCC2CCC(=O)N2)n1. The average molecular weight is 286 g/mol. The molecule has 1 saturated heterocycles. The van der Waals surface area contributed by atoms with E-state index in [2.05, 4.69) is 25.6 Å². The van der Waals surface area contributed by atoms with Gasteiger partial charge in [0.05, 0.1) is 6.10 Å². The Kier molecular flexibility index (Phi) is 4.36. The van der Waals surface area contributed by atoms with Gasteiger partial charge in [-0.3, -0.25) is 4.79 Å². The first kappa shape index (κ1) is 13.8. The third kappa shape index (κ3) is 4.20. The number of amides is 1. The molecule has 0 aromatic carbocycles. The summed E-state index contributed by atoms with van der Waals surface area (Å²) in [5.74, 6) is 0.418. The molecule has 1 atom stereocenters. The molecule has 2 rings (SSSR count). The van der Waals surface area contributed by atoms with Gasteiger partial charge in [-0.1, -0.05) is 0 Å². The minimum atomic E-state index is -0.0413. The van der Waals surface area contributed by atoms with Gasteiger partial charge in [0, 0.05) is 19.0 Å². The highest BCUT2D eigenvalue weighted by Crippen LogP contribution is 2.13.